The summed E-state index contributed by atoms with van der Waals surface area (Å²) in [7, 11) is 2.85. The molecule has 0 aromatic heterocycles. The van der Waals surface area contributed by atoms with Gasteiger partial charge in [0.25, 0.3) is 0 Å². The van der Waals surface area contributed by atoms with Gasteiger partial charge in [-0.15, -0.1) is 0 Å². The van der Waals surface area contributed by atoms with Crippen molar-refractivity contribution in [2.45, 2.75) is 18.6 Å². The zero-order valence-electron chi connectivity index (χ0n) is 13.2. The van der Waals surface area contributed by atoms with Crippen LogP contribution in [0.25, 0.3) is 0 Å². The summed E-state index contributed by atoms with van der Waals surface area (Å²) < 4.78 is 16.2. The van der Waals surface area contributed by atoms with Crippen LogP contribution < -0.4 is 9.47 Å². The maximum atomic E-state index is 9.98. The fourth-order valence-corrected chi connectivity index (χ4v) is 2.93. The minimum atomic E-state index is -0.647. The number of hydrogen-bond donors (Lipinski definition) is 4. The van der Waals surface area contributed by atoms with Crippen molar-refractivity contribution in [3.8, 4) is 34.5 Å². The Morgan fingerprint density at radius 2 is 1.62 bits per heavy atom. The van der Waals surface area contributed by atoms with E-state index in [2.05, 4.69) is 0 Å². The average molecular weight is 334 g/mol. The largest absolute Gasteiger partial charge is 0.508 e. The highest BCUT2D eigenvalue weighted by Crippen LogP contribution is 2.45. The monoisotopic (exact) mass is 334 g/mol. The van der Waals surface area contributed by atoms with Gasteiger partial charge < -0.3 is 34.6 Å². The van der Waals surface area contributed by atoms with Crippen molar-refractivity contribution in [1.29, 1.82) is 0 Å². The number of fused-ring (bicyclic) bond motifs is 1. The lowest BCUT2D eigenvalue weighted by Crippen LogP contribution is -2.32. The molecule has 2 aromatic carbocycles. The molecule has 0 unspecified atom stereocenters. The second kappa shape index (κ2) is 6.01. The summed E-state index contributed by atoms with van der Waals surface area (Å²) in [6.45, 7) is 0. The first-order chi connectivity index (χ1) is 11.4. The number of phenols is 4. The molecule has 7 heteroatoms. The normalized spacial score (nSPS) is 19.4. The Bertz CT molecular complexity index is 749. The molecular formula is C17H18O7. The Labute approximate surface area is 138 Å². The molecule has 0 saturated heterocycles. The Balaban J connectivity index is 2.04. The van der Waals surface area contributed by atoms with Gasteiger partial charge in [0.15, 0.2) is 17.6 Å². The van der Waals surface area contributed by atoms with Crippen molar-refractivity contribution in [3.05, 3.63) is 35.4 Å². The van der Waals surface area contributed by atoms with E-state index in [9.17, 15) is 20.4 Å². The molecule has 0 spiro atoms. The van der Waals surface area contributed by atoms with Gasteiger partial charge in [0, 0.05) is 36.8 Å². The summed E-state index contributed by atoms with van der Waals surface area (Å²) in [4.78, 5) is 0. The highest BCUT2D eigenvalue weighted by atomic mass is 16.5. The number of methoxy groups -OCH3 is 2. The lowest BCUT2D eigenvalue weighted by Gasteiger charge is -2.33. The summed E-state index contributed by atoms with van der Waals surface area (Å²) in [5.74, 6) is -0.363. The van der Waals surface area contributed by atoms with Gasteiger partial charge in [-0.3, -0.25) is 0 Å². The molecule has 1 aliphatic heterocycles. The Kier molecular flexibility index (Phi) is 4.02. The van der Waals surface area contributed by atoms with Gasteiger partial charge in [-0.05, 0) is 12.1 Å². The number of benzene rings is 2. The Morgan fingerprint density at radius 1 is 0.958 bits per heavy atom. The predicted molar refractivity (Wildman–Crippen MR) is 84.0 cm³/mol. The van der Waals surface area contributed by atoms with Crippen molar-refractivity contribution < 1.29 is 34.6 Å². The van der Waals surface area contributed by atoms with Gasteiger partial charge in [-0.25, -0.2) is 0 Å². The molecule has 2 aromatic rings. The van der Waals surface area contributed by atoms with Crippen LogP contribution in [-0.2, 0) is 11.2 Å². The molecule has 0 amide bonds. The van der Waals surface area contributed by atoms with Crippen LogP contribution in [0.4, 0.5) is 0 Å². The highest BCUT2D eigenvalue weighted by Gasteiger charge is 2.34. The summed E-state index contributed by atoms with van der Waals surface area (Å²) in [6.07, 6.45) is -0.762. The van der Waals surface area contributed by atoms with Crippen LogP contribution in [0, 0.1) is 0 Å². The van der Waals surface area contributed by atoms with E-state index in [4.69, 9.17) is 14.2 Å². The Morgan fingerprint density at radius 3 is 2.21 bits per heavy atom. The number of rotatable bonds is 3. The molecule has 1 aliphatic rings. The fraction of sp³-hybridized carbons (Fsp3) is 0.294. The van der Waals surface area contributed by atoms with Crippen LogP contribution in [0.3, 0.4) is 0 Å². The minimum absolute atomic E-state index is 0.0285. The SMILES string of the molecule is COc1c(O)cc([C@H]2Oc3cc(O)cc(O)c3C[C@@H]2OC)cc1O. The second-order valence-corrected chi connectivity index (χ2v) is 5.55. The van der Waals surface area contributed by atoms with Crippen molar-refractivity contribution in [2.75, 3.05) is 14.2 Å². The smallest absolute Gasteiger partial charge is 0.202 e. The molecule has 4 N–H and O–H groups in total. The van der Waals surface area contributed by atoms with Crippen LogP contribution >= 0.6 is 0 Å². The molecule has 24 heavy (non-hydrogen) atoms. The van der Waals surface area contributed by atoms with Gasteiger partial charge in [0.1, 0.15) is 23.4 Å². The first-order valence-corrected chi connectivity index (χ1v) is 7.28. The van der Waals surface area contributed by atoms with Crippen molar-refractivity contribution in [3.63, 3.8) is 0 Å². The molecular weight excluding hydrogens is 316 g/mol. The van der Waals surface area contributed by atoms with E-state index in [-0.39, 0.29) is 28.7 Å². The number of phenolic OH excluding ortho intramolecular Hbond substituents is 4. The van der Waals surface area contributed by atoms with E-state index in [1.54, 1.807) is 0 Å². The molecule has 1 heterocycles. The molecule has 0 bridgehead atoms. The number of ether oxygens (including phenoxy) is 3. The fourth-order valence-electron chi connectivity index (χ4n) is 2.93. The molecule has 0 aliphatic carbocycles. The zero-order chi connectivity index (χ0) is 17.4. The maximum Gasteiger partial charge on any atom is 0.202 e. The van der Waals surface area contributed by atoms with E-state index in [0.29, 0.717) is 23.3 Å². The molecule has 7 nitrogen and oxygen atoms in total. The quantitative estimate of drug-likeness (QED) is 0.681. The van der Waals surface area contributed by atoms with Crippen LogP contribution in [0.2, 0.25) is 0 Å². The van der Waals surface area contributed by atoms with Crippen molar-refractivity contribution in [2.24, 2.45) is 0 Å². The van der Waals surface area contributed by atoms with Gasteiger partial charge in [0.2, 0.25) is 5.75 Å². The lowest BCUT2D eigenvalue weighted by molar-refractivity contribution is -0.0123. The van der Waals surface area contributed by atoms with Crippen molar-refractivity contribution >= 4 is 0 Å². The predicted octanol–water partition coefficient (Wildman–Crippen LogP) is 2.21. The van der Waals surface area contributed by atoms with Crippen molar-refractivity contribution in [1.82, 2.24) is 0 Å². The van der Waals surface area contributed by atoms with Crippen LogP contribution in [0.5, 0.6) is 34.5 Å². The molecule has 0 fully saturated rings. The first-order valence-electron chi connectivity index (χ1n) is 7.28. The Hall–Kier alpha value is -2.80. The molecule has 0 saturated carbocycles. The average Bonchev–Trinajstić information content (AvgIpc) is 2.53. The standard InChI is InChI=1S/C17H18O7/c1-22-15-7-10-11(19)5-9(18)6-14(10)24-16(15)8-3-12(20)17(23-2)13(21)4-8/h3-6,15-16,18-21H,7H2,1-2H3/t15-,16+/m0/s1. The third-order valence-corrected chi connectivity index (χ3v) is 4.07. The molecule has 2 atom stereocenters. The second-order valence-electron chi connectivity index (χ2n) is 5.55. The summed E-state index contributed by atoms with van der Waals surface area (Å²) in [5, 5.41) is 39.6. The van der Waals surface area contributed by atoms with E-state index in [0.717, 1.165) is 0 Å². The third-order valence-electron chi connectivity index (χ3n) is 4.07. The van der Waals surface area contributed by atoms with E-state index in [1.165, 1.54) is 38.5 Å². The van der Waals surface area contributed by atoms with Crippen LogP contribution in [0.15, 0.2) is 24.3 Å². The summed E-state index contributed by atoms with van der Waals surface area (Å²) in [5.41, 5.74) is 1.00. The topological polar surface area (TPSA) is 109 Å². The number of hydrogen-bond acceptors (Lipinski definition) is 7. The van der Waals surface area contributed by atoms with Gasteiger partial charge >= 0.3 is 0 Å². The van der Waals surface area contributed by atoms with Gasteiger partial charge in [-0.1, -0.05) is 0 Å². The lowest BCUT2D eigenvalue weighted by atomic mass is 9.93. The minimum Gasteiger partial charge on any atom is -0.508 e. The van der Waals surface area contributed by atoms with E-state index < -0.39 is 12.2 Å². The van der Waals surface area contributed by atoms with E-state index in [1.807, 2.05) is 0 Å². The molecule has 128 valence electrons. The van der Waals surface area contributed by atoms with Crippen LogP contribution in [-0.4, -0.2) is 40.7 Å². The zero-order valence-corrected chi connectivity index (χ0v) is 13.2. The maximum absolute atomic E-state index is 9.98. The molecule has 3 rings (SSSR count). The third kappa shape index (κ3) is 2.63. The summed E-state index contributed by atoms with van der Waals surface area (Å²) >= 11 is 0. The van der Waals surface area contributed by atoms with Gasteiger partial charge in [-0.2, -0.15) is 0 Å². The van der Waals surface area contributed by atoms with Gasteiger partial charge in [0.05, 0.1) is 7.11 Å². The van der Waals surface area contributed by atoms with E-state index >= 15 is 0 Å². The highest BCUT2D eigenvalue weighted by molar-refractivity contribution is 5.55. The summed E-state index contributed by atoms with van der Waals surface area (Å²) in [6, 6.07) is 5.48. The first kappa shape index (κ1) is 16.1. The van der Waals surface area contributed by atoms with Crippen LogP contribution in [0.1, 0.15) is 17.2 Å². The molecule has 0 radical (unpaired) electrons. The number of aromatic hydroxyl groups is 4.